The highest BCUT2D eigenvalue weighted by atomic mass is 16.4. The van der Waals surface area contributed by atoms with E-state index in [1.807, 2.05) is 0 Å². The van der Waals surface area contributed by atoms with Gasteiger partial charge in [-0.3, -0.25) is 9.59 Å². The molecule has 8 heteroatoms. The van der Waals surface area contributed by atoms with E-state index in [2.05, 4.69) is 15.5 Å². The standard InChI is InChI=1S/C13H13N5O3/c19-12(17-5-4-10(7-17)13(20)21)9-2-1-3-11(6-9)18-8-14-15-16-18/h1-3,6,8,10H,4-5,7H2,(H,20,21)/t10-/m1/s1. The van der Waals surface area contributed by atoms with Gasteiger partial charge in [-0.05, 0) is 35.0 Å². The van der Waals surface area contributed by atoms with E-state index in [0.29, 0.717) is 24.2 Å². The minimum absolute atomic E-state index is 0.173. The first kappa shape index (κ1) is 13.2. The van der Waals surface area contributed by atoms with Gasteiger partial charge < -0.3 is 10.0 Å². The predicted molar refractivity (Wildman–Crippen MR) is 70.8 cm³/mol. The third kappa shape index (κ3) is 2.60. The van der Waals surface area contributed by atoms with Gasteiger partial charge in [-0.2, -0.15) is 0 Å². The molecule has 0 saturated carbocycles. The zero-order valence-electron chi connectivity index (χ0n) is 11.1. The van der Waals surface area contributed by atoms with Crippen LogP contribution < -0.4 is 0 Å². The number of hydrogen-bond donors (Lipinski definition) is 1. The minimum Gasteiger partial charge on any atom is -0.481 e. The number of carboxylic acids is 1. The number of benzene rings is 1. The molecule has 8 nitrogen and oxygen atoms in total. The van der Waals surface area contributed by atoms with Crippen LogP contribution >= 0.6 is 0 Å². The Hall–Kier alpha value is -2.77. The molecule has 0 spiro atoms. The lowest BCUT2D eigenvalue weighted by Crippen LogP contribution is -2.30. The summed E-state index contributed by atoms with van der Waals surface area (Å²) in [5, 5.41) is 19.9. The number of carboxylic acid groups (broad SMARTS) is 1. The number of amides is 1. The maximum absolute atomic E-state index is 12.4. The van der Waals surface area contributed by atoms with Crippen molar-refractivity contribution in [3.05, 3.63) is 36.2 Å². The number of tetrazole rings is 1. The summed E-state index contributed by atoms with van der Waals surface area (Å²) in [7, 11) is 0. The van der Waals surface area contributed by atoms with Crippen LogP contribution in [0.3, 0.4) is 0 Å². The average Bonchev–Trinajstić information content (AvgIpc) is 3.18. The molecule has 1 fully saturated rings. The maximum atomic E-state index is 12.4. The number of aromatic nitrogens is 4. The summed E-state index contributed by atoms with van der Waals surface area (Å²) in [6.45, 7) is 0.716. The molecule has 0 bridgehead atoms. The quantitative estimate of drug-likeness (QED) is 0.866. The smallest absolute Gasteiger partial charge is 0.308 e. The van der Waals surface area contributed by atoms with Gasteiger partial charge in [0.1, 0.15) is 6.33 Å². The summed E-state index contributed by atoms with van der Waals surface area (Å²) in [6.07, 6.45) is 1.94. The molecular weight excluding hydrogens is 274 g/mol. The van der Waals surface area contributed by atoms with E-state index in [-0.39, 0.29) is 12.5 Å². The van der Waals surface area contributed by atoms with Crippen LogP contribution in [0, 0.1) is 5.92 Å². The zero-order valence-corrected chi connectivity index (χ0v) is 11.1. The summed E-state index contributed by atoms with van der Waals surface area (Å²) < 4.78 is 1.46. The van der Waals surface area contributed by atoms with Crippen LogP contribution in [0.5, 0.6) is 0 Å². The summed E-state index contributed by atoms with van der Waals surface area (Å²) in [5.74, 6) is -1.50. The number of rotatable bonds is 3. The first-order valence-electron chi connectivity index (χ1n) is 6.50. The van der Waals surface area contributed by atoms with E-state index in [9.17, 15) is 9.59 Å². The Bertz CT molecular complexity index is 670. The molecule has 3 rings (SSSR count). The van der Waals surface area contributed by atoms with Gasteiger partial charge in [0.25, 0.3) is 5.91 Å². The van der Waals surface area contributed by atoms with Crippen molar-refractivity contribution in [2.75, 3.05) is 13.1 Å². The minimum atomic E-state index is -0.854. The lowest BCUT2D eigenvalue weighted by atomic mass is 10.1. The SMILES string of the molecule is O=C(O)[C@@H]1CCN(C(=O)c2cccc(-n3cnnn3)c2)C1. The average molecular weight is 287 g/mol. The van der Waals surface area contributed by atoms with Crippen molar-refractivity contribution in [3.8, 4) is 5.69 Å². The molecule has 1 atom stereocenters. The second kappa shape index (κ2) is 5.31. The van der Waals surface area contributed by atoms with Crippen molar-refractivity contribution in [2.45, 2.75) is 6.42 Å². The molecule has 21 heavy (non-hydrogen) atoms. The summed E-state index contributed by atoms with van der Waals surface area (Å²) >= 11 is 0. The van der Waals surface area contributed by atoms with Crippen LogP contribution in [0.1, 0.15) is 16.8 Å². The van der Waals surface area contributed by atoms with Gasteiger partial charge in [0.2, 0.25) is 0 Å². The van der Waals surface area contributed by atoms with Crippen molar-refractivity contribution in [3.63, 3.8) is 0 Å². The Morgan fingerprint density at radius 2 is 2.19 bits per heavy atom. The van der Waals surface area contributed by atoms with Gasteiger partial charge in [0.15, 0.2) is 0 Å². The molecule has 1 amide bonds. The van der Waals surface area contributed by atoms with Crippen molar-refractivity contribution in [2.24, 2.45) is 5.92 Å². The number of likely N-dealkylation sites (tertiary alicyclic amines) is 1. The number of carbonyl (C=O) groups is 2. The molecule has 0 radical (unpaired) electrons. The van der Waals surface area contributed by atoms with Crippen molar-refractivity contribution < 1.29 is 14.7 Å². The third-order valence-electron chi connectivity index (χ3n) is 3.53. The summed E-state index contributed by atoms with van der Waals surface area (Å²) in [4.78, 5) is 24.9. The molecule has 1 aromatic heterocycles. The monoisotopic (exact) mass is 287 g/mol. The summed E-state index contributed by atoms with van der Waals surface area (Å²) in [6, 6.07) is 6.92. The van der Waals surface area contributed by atoms with Crippen molar-refractivity contribution in [1.82, 2.24) is 25.1 Å². The lowest BCUT2D eigenvalue weighted by molar-refractivity contribution is -0.141. The molecule has 108 valence electrons. The Kier molecular flexibility index (Phi) is 3.35. The molecule has 1 saturated heterocycles. The molecular formula is C13H13N5O3. The Morgan fingerprint density at radius 1 is 1.33 bits per heavy atom. The first-order valence-corrected chi connectivity index (χ1v) is 6.50. The first-order chi connectivity index (χ1) is 10.1. The molecule has 0 aliphatic carbocycles. The predicted octanol–water partition coefficient (Wildman–Crippen LogP) is 0.209. The fourth-order valence-electron chi connectivity index (χ4n) is 2.39. The maximum Gasteiger partial charge on any atom is 0.308 e. The molecule has 1 aliphatic rings. The lowest BCUT2D eigenvalue weighted by Gasteiger charge is -2.16. The third-order valence-corrected chi connectivity index (χ3v) is 3.53. The number of nitrogens with zero attached hydrogens (tertiary/aromatic N) is 5. The van der Waals surface area contributed by atoms with Crippen LogP contribution in [0.25, 0.3) is 5.69 Å². The van der Waals surface area contributed by atoms with Crippen LogP contribution in [-0.4, -0.2) is 55.2 Å². The molecule has 1 aliphatic heterocycles. The molecule has 2 heterocycles. The highest BCUT2D eigenvalue weighted by molar-refractivity contribution is 5.95. The highest BCUT2D eigenvalue weighted by Gasteiger charge is 2.31. The van der Waals surface area contributed by atoms with Gasteiger partial charge in [-0.15, -0.1) is 5.10 Å². The molecule has 0 unspecified atom stereocenters. The Morgan fingerprint density at radius 3 is 2.86 bits per heavy atom. The highest BCUT2D eigenvalue weighted by Crippen LogP contribution is 2.19. The number of aliphatic carboxylic acids is 1. The van der Waals surface area contributed by atoms with Gasteiger partial charge in [-0.25, -0.2) is 4.68 Å². The second-order valence-corrected chi connectivity index (χ2v) is 4.88. The molecule has 1 N–H and O–H groups in total. The van der Waals surface area contributed by atoms with E-state index in [1.165, 1.54) is 11.0 Å². The van der Waals surface area contributed by atoms with Gasteiger partial charge >= 0.3 is 5.97 Å². The Balaban J connectivity index is 1.80. The fraction of sp³-hybridized carbons (Fsp3) is 0.308. The van der Waals surface area contributed by atoms with E-state index in [0.717, 1.165) is 0 Å². The van der Waals surface area contributed by atoms with Gasteiger partial charge in [-0.1, -0.05) is 6.07 Å². The van der Waals surface area contributed by atoms with Gasteiger partial charge in [0.05, 0.1) is 11.6 Å². The number of carbonyl (C=O) groups excluding carboxylic acids is 1. The van der Waals surface area contributed by atoms with Crippen LogP contribution in [0.2, 0.25) is 0 Å². The van der Waals surface area contributed by atoms with Gasteiger partial charge in [0, 0.05) is 18.7 Å². The summed E-state index contributed by atoms with van der Waals surface area (Å²) in [5.41, 5.74) is 1.17. The second-order valence-electron chi connectivity index (χ2n) is 4.88. The molecule has 2 aromatic rings. The van der Waals surface area contributed by atoms with Crippen LogP contribution in [0.15, 0.2) is 30.6 Å². The van der Waals surface area contributed by atoms with Crippen LogP contribution in [0.4, 0.5) is 0 Å². The zero-order chi connectivity index (χ0) is 14.8. The normalized spacial score (nSPS) is 17.9. The van der Waals surface area contributed by atoms with Crippen molar-refractivity contribution in [1.29, 1.82) is 0 Å². The van der Waals surface area contributed by atoms with E-state index in [1.54, 1.807) is 29.2 Å². The molecule has 1 aromatic carbocycles. The van der Waals surface area contributed by atoms with E-state index in [4.69, 9.17) is 5.11 Å². The topological polar surface area (TPSA) is 101 Å². The number of hydrogen-bond acceptors (Lipinski definition) is 5. The fourth-order valence-corrected chi connectivity index (χ4v) is 2.39. The largest absolute Gasteiger partial charge is 0.481 e. The van der Waals surface area contributed by atoms with E-state index < -0.39 is 11.9 Å². The Labute approximate surface area is 120 Å². The van der Waals surface area contributed by atoms with Crippen LogP contribution in [-0.2, 0) is 4.79 Å². The van der Waals surface area contributed by atoms with Crippen molar-refractivity contribution >= 4 is 11.9 Å². The van der Waals surface area contributed by atoms with E-state index >= 15 is 0 Å².